The molecule has 0 unspecified atom stereocenters. The van der Waals surface area contributed by atoms with Gasteiger partial charge in [0.25, 0.3) is 0 Å². The molecule has 2 aliphatic rings. The van der Waals surface area contributed by atoms with Crippen LogP contribution >= 0.6 is 0 Å². The Labute approximate surface area is 126 Å². The van der Waals surface area contributed by atoms with Crippen LogP contribution in [0.5, 0.6) is 5.75 Å². The molecule has 1 saturated carbocycles. The lowest BCUT2D eigenvalue weighted by Crippen LogP contribution is -2.48. The molecule has 0 atom stereocenters. The Morgan fingerprint density at radius 2 is 1.95 bits per heavy atom. The van der Waals surface area contributed by atoms with Gasteiger partial charge in [-0.25, -0.2) is 0 Å². The molecule has 21 heavy (non-hydrogen) atoms. The van der Waals surface area contributed by atoms with Crippen molar-refractivity contribution in [3.05, 3.63) is 29.8 Å². The normalized spacial score (nSPS) is 21.0. The highest BCUT2D eigenvalue weighted by atomic mass is 16.5. The average molecular weight is 288 g/mol. The molecule has 0 radical (unpaired) electrons. The van der Waals surface area contributed by atoms with Crippen molar-refractivity contribution in [3.8, 4) is 5.75 Å². The standard InChI is InChI=1S/C17H24N2O2/c1-18-10-11-19(13-17(18)20)12-14-6-2-5-9-16(14)21-15-7-3-4-8-15/h2,5-6,9,15H,3-4,7-8,10-13H2,1H3. The highest BCUT2D eigenvalue weighted by molar-refractivity contribution is 5.78. The van der Waals surface area contributed by atoms with Crippen LogP contribution in [-0.2, 0) is 11.3 Å². The predicted molar refractivity (Wildman–Crippen MR) is 82.2 cm³/mol. The summed E-state index contributed by atoms with van der Waals surface area (Å²) >= 11 is 0. The first-order valence-electron chi connectivity index (χ1n) is 7.93. The van der Waals surface area contributed by atoms with Crippen molar-refractivity contribution in [2.75, 3.05) is 26.7 Å². The van der Waals surface area contributed by atoms with Crippen molar-refractivity contribution < 1.29 is 9.53 Å². The van der Waals surface area contributed by atoms with Gasteiger partial charge in [-0.2, -0.15) is 0 Å². The third kappa shape index (κ3) is 3.56. The molecule has 0 bridgehead atoms. The first kappa shape index (κ1) is 14.4. The maximum atomic E-state index is 11.8. The fourth-order valence-corrected chi connectivity index (χ4v) is 3.12. The number of benzene rings is 1. The fourth-order valence-electron chi connectivity index (χ4n) is 3.12. The Hall–Kier alpha value is -1.55. The third-order valence-corrected chi connectivity index (χ3v) is 4.50. The third-order valence-electron chi connectivity index (χ3n) is 4.50. The molecule has 4 nitrogen and oxygen atoms in total. The van der Waals surface area contributed by atoms with Crippen LogP contribution in [0.1, 0.15) is 31.2 Å². The predicted octanol–water partition coefficient (Wildman–Crippen LogP) is 2.28. The molecular formula is C17H24N2O2. The zero-order valence-corrected chi connectivity index (χ0v) is 12.8. The Morgan fingerprint density at radius 1 is 1.19 bits per heavy atom. The molecule has 0 spiro atoms. The number of para-hydroxylation sites is 1. The second kappa shape index (κ2) is 6.48. The molecule has 1 heterocycles. The second-order valence-corrected chi connectivity index (χ2v) is 6.16. The van der Waals surface area contributed by atoms with Crippen LogP contribution in [-0.4, -0.2) is 48.5 Å². The van der Waals surface area contributed by atoms with Gasteiger partial charge < -0.3 is 9.64 Å². The molecular weight excluding hydrogens is 264 g/mol. The molecule has 1 aliphatic carbocycles. The summed E-state index contributed by atoms with van der Waals surface area (Å²) in [7, 11) is 1.87. The summed E-state index contributed by atoms with van der Waals surface area (Å²) in [6, 6.07) is 8.26. The molecule has 1 aromatic carbocycles. The van der Waals surface area contributed by atoms with E-state index >= 15 is 0 Å². The molecule has 1 saturated heterocycles. The lowest BCUT2D eigenvalue weighted by Gasteiger charge is -2.32. The number of hydrogen-bond donors (Lipinski definition) is 0. The maximum Gasteiger partial charge on any atom is 0.236 e. The van der Waals surface area contributed by atoms with E-state index in [1.165, 1.54) is 31.2 Å². The number of rotatable bonds is 4. The van der Waals surface area contributed by atoms with E-state index in [0.717, 1.165) is 25.4 Å². The molecule has 114 valence electrons. The van der Waals surface area contributed by atoms with E-state index in [1.807, 2.05) is 13.1 Å². The van der Waals surface area contributed by atoms with Crippen molar-refractivity contribution >= 4 is 5.91 Å². The minimum atomic E-state index is 0.204. The fraction of sp³-hybridized carbons (Fsp3) is 0.588. The van der Waals surface area contributed by atoms with Crippen LogP contribution in [0.25, 0.3) is 0 Å². The summed E-state index contributed by atoms with van der Waals surface area (Å²) in [6.45, 7) is 3.04. The molecule has 2 fully saturated rings. The van der Waals surface area contributed by atoms with Crippen LogP contribution in [0.15, 0.2) is 24.3 Å². The van der Waals surface area contributed by atoms with E-state index < -0.39 is 0 Å². The second-order valence-electron chi connectivity index (χ2n) is 6.16. The Bertz CT molecular complexity index is 497. The Balaban J connectivity index is 1.65. The number of carbonyl (C=O) groups excluding carboxylic acids is 1. The van der Waals surface area contributed by atoms with Crippen molar-refractivity contribution in [3.63, 3.8) is 0 Å². The largest absolute Gasteiger partial charge is 0.490 e. The van der Waals surface area contributed by atoms with Gasteiger partial charge in [0.2, 0.25) is 5.91 Å². The number of ether oxygens (including phenoxy) is 1. The molecule has 3 rings (SSSR count). The van der Waals surface area contributed by atoms with Gasteiger partial charge in [-0.3, -0.25) is 9.69 Å². The molecule has 4 heteroatoms. The van der Waals surface area contributed by atoms with Gasteiger partial charge >= 0.3 is 0 Å². The number of hydrogen-bond acceptors (Lipinski definition) is 3. The minimum Gasteiger partial charge on any atom is -0.490 e. The SMILES string of the molecule is CN1CCN(Cc2ccccc2OC2CCCC2)CC1=O. The van der Waals surface area contributed by atoms with Gasteiger partial charge in [-0.15, -0.1) is 0 Å². The monoisotopic (exact) mass is 288 g/mol. The van der Waals surface area contributed by atoms with Crippen LogP contribution in [0.3, 0.4) is 0 Å². The molecule has 1 aliphatic heterocycles. The lowest BCUT2D eigenvalue weighted by atomic mass is 10.1. The zero-order chi connectivity index (χ0) is 14.7. The number of amides is 1. The summed E-state index contributed by atoms with van der Waals surface area (Å²) in [5.41, 5.74) is 1.20. The number of likely N-dealkylation sites (N-methyl/N-ethyl adjacent to an activating group) is 1. The zero-order valence-electron chi connectivity index (χ0n) is 12.8. The number of piperazine rings is 1. The van der Waals surface area contributed by atoms with Gasteiger partial charge in [-0.1, -0.05) is 18.2 Å². The smallest absolute Gasteiger partial charge is 0.236 e. The molecule has 0 N–H and O–H groups in total. The topological polar surface area (TPSA) is 32.8 Å². The number of nitrogens with zero attached hydrogens (tertiary/aromatic N) is 2. The van der Waals surface area contributed by atoms with E-state index in [-0.39, 0.29) is 5.91 Å². The van der Waals surface area contributed by atoms with Crippen LogP contribution < -0.4 is 4.74 Å². The van der Waals surface area contributed by atoms with E-state index in [1.54, 1.807) is 4.90 Å². The Morgan fingerprint density at radius 3 is 2.71 bits per heavy atom. The van der Waals surface area contributed by atoms with E-state index in [9.17, 15) is 4.79 Å². The molecule has 1 amide bonds. The van der Waals surface area contributed by atoms with Gasteiger partial charge in [0, 0.05) is 32.2 Å². The van der Waals surface area contributed by atoms with Crippen LogP contribution in [0, 0.1) is 0 Å². The first-order valence-corrected chi connectivity index (χ1v) is 7.93. The lowest BCUT2D eigenvalue weighted by molar-refractivity contribution is -0.134. The summed E-state index contributed by atoms with van der Waals surface area (Å²) < 4.78 is 6.17. The van der Waals surface area contributed by atoms with Gasteiger partial charge in [0.1, 0.15) is 5.75 Å². The van der Waals surface area contributed by atoms with Gasteiger partial charge in [0.15, 0.2) is 0 Å². The molecule has 1 aromatic rings. The van der Waals surface area contributed by atoms with Crippen molar-refractivity contribution in [1.29, 1.82) is 0 Å². The average Bonchev–Trinajstić information content (AvgIpc) is 2.98. The van der Waals surface area contributed by atoms with E-state index in [2.05, 4.69) is 23.1 Å². The highest BCUT2D eigenvalue weighted by Gasteiger charge is 2.23. The summed E-state index contributed by atoms with van der Waals surface area (Å²) in [6.07, 6.45) is 5.27. The quantitative estimate of drug-likeness (QED) is 0.852. The highest BCUT2D eigenvalue weighted by Crippen LogP contribution is 2.27. The summed E-state index contributed by atoms with van der Waals surface area (Å²) in [5.74, 6) is 1.20. The van der Waals surface area contributed by atoms with Gasteiger partial charge in [0.05, 0.1) is 12.6 Å². The summed E-state index contributed by atoms with van der Waals surface area (Å²) in [4.78, 5) is 15.8. The minimum absolute atomic E-state index is 0.204. The molecule has 0 aromatic heterocycles. The van der Waals surface area contributed by atoms with Gasteiger partial charge in [-0.05, 0) is 31.7 Å². The van der Waals surface area contributed by atoms with E-state index in [4.69, 9.17) is 4.74 Å². The van der Waals surface area contributed by atoms with Crippen molar-refractivity contribution in [2.24, 2.45) is 0 Å². The van der Waals surface area contributed by atoms with Crippen molar-refractivity contribution in [2.45, 2.75) is 38.3 Å². The van der Waals surface area contributed by atoms with E-state index in [0.29, 0.717) is 12.6 Å². The Kier molecular flexibility index (Phi) is 4.44. The summed E-state index contributed by atoms with van der Waals surface area (Å²) in [5, 5.41) is 0. The van der Waals surface area contributed by atoms with Crippen LogP contribution in [0.2, 0.25) is 0 Å². The first-order chi connectivity index (χ1) is 10.2. The number of carbonyl (C=O) groups is 1. The van der Waals surface area contributed by atoms with Crippen molar-refractivity contribution in [1.82, 2.24) is 9.80 Å². The van der Waals surface area contributed by atoms with Crippen LogP contribution in [0.4, 0.5) is 0 Å². The maximum absolute atomic E-state index is 11.8.